The summed E-state index contributed by atoms with van der Waals surface area (Å²) < 4.78 is 0. The topological polar surface area (TPSA) is 131 Å². The lowest BCUT2D eigenvalue weighted by Crippen LogP contribution is -2.18. The third kappa shape index (κ3) is 2.80. The minimum absolute atomic E-state index is 0.0610. The van der Waals surface area contributed by atoms with E-state index in [1.54, 1.807) is 12.1 Å². The highest BCUT2D eigenvalue weighted by atomic mass is 16.6. The number of aliphatic hydroxyl groups excluding tert-OH is 2. The van der Waals surface area contributed by atoms with E-state index in [-0.39, 0.29) is 23.2 Å². The lowest BCUT2D eigenvalue weighted by Gasteiger charge is -2.16. The maximum Gasteiger partial charge on any atom is 0.270 e. The third-order valence-corrected chi connectivity index (χ3v) is 2.35. The molecule has 1 aromatic rings. The maximum atomic E-state index is 10.5. The van der Waals surface area contributed by atoms with E-state index >= 15 is 0 Å². The summed E-state index contributed by atoms with van der Waals surface area (Å²) in [5, 5.41) is 47.0. The van der Waals surface area contributed by atoms with Crippen LogP contribution in [0.4, 0.5) is 5.69 Å². The molecular formula is C11H9N3O4. The molecule has 1 aromatic carbocycles. The van der Waals surface area contributed by atoms with Gasteiger partial charge in [-0.1, -0.05) is 0 Å². The normalized spacial score (nSPS) is 13.1. The summed E-state index contributed by atoms with van der Waals surface area (Å²) in [6.45, 7) is 0. The fourth-order valence-corrected chi connectivity index (χ4v) is 1.42. The molecule has 2 atom stereocenters. The van der Waals surface area contributed by atoms with Crippen LogP contribution in [0.1, 0.15) is 23.7 Å². The Morgan fingerprint density at radius 1 is 1.39 bits per heavy atom. The number of non-ortho nitro benzene ring substituents is 1. The van der Waals surface area contributed by atoms with Gasteiger partial charge in [-0.05, 0) is 6.07 Å². The molecule has 0 radical (unpaired) electrons. The van der Waals surface area contributed by atoms with Crippen LogP contribution in [-0.4, -0.2) is 21.2 Å². The highest BCUT2D eigenvalue weighted by molar-refractivity contribution is 5.47. The van der Waals surface area contributed by atoms with E-state index in [4.69, 9.17) is 10.5 Å². The smallest absolute Gasteiger partial charge is 0.270 e. The average Bonchev–Trinajstić information content (AvgIpc) is 2.37. The molecule has 0 bridgehead atoms. The number of nitrogens with zero attached hydrogens (tertiary/aromatic N) is 3. The van der Waals surface area contributed by atoms with Gasteiger partial charge in [0, 0.05) is 17.7 Å². The van der Waals surface area contributed by atoms with Gasteiger partial charge in [-0.3, -0.25) is 10.1 Å². The molecule has 18 heavy (non-hydrogen) atoms. The Kier molecular flexibility index (Phi) is 4.33. The van der Waals surface area contributed by atoms with Crippen molar-refractivity contribution < 1.29 is 15.1 Å². The fraction of sp³-hybridized carbons (Fsp3) is 0.273. The Bertz CT molecular complexity index is 544. The van der Waals surface area contributed by atoms with Crippen LogP contribution in [-0.2, 0) is 0 Å². The molecular weight excluding hydrogens is 238 g/mol. The zero-order chi connectivity index (χ0) is 13.7. The minimum Gasteiger partial charge on any atom is -0.389 e. The quantitative estimate of drug-likeness (QED) is 0.596. The van der Waals surface area contributed by atoms with E-state index in [2.05, 4.69) is 0 Å². The molecule has 0 aromatic heterocycles. The van der Waals surface area contributed by atoms with Crippen LogP contribution in [0, 0.1) is 32.8 Å². The van der Waals surface area contributed by atoms with Crippen molar-refractivity contribution in [3.05, 3.63) is 39.4 Å². The maximum absolute atomic E-state index is 10.5. The lowest BCUT2D eigenvalue weighted by atomic mass is 9.97. The molecule has 7 nitrogen and oxygen atoms in total. The number of nitro benzene ring substituents is 1. The first-order valence-corrected chi connectivity index (χ1v) is 4.92. The molecule has 0 amide bonds. The van der Waals surface area contributed by atoms with Crippen LogP contribution in [0.15, 0.2) is 18.2 Å². The van der Waals surface area contributed by atoms with Crippen molar-refractivity contribution in [2.75, 3.05) is 0 Å². The molecule has 0 aliphatic carbocycles. The zero-order valence-electron chi connectivity index (χ0n) is 9.15. The van der Waals surface area contributed by atoms with E-state index in [0.717, 1.165) is 12.1 Å². The van der Waals surface area contributed by atoms with Gasteiger partial charge in [0.1, 0.15) is 6.10 Å². The summed E-state index contributed by atoms with van der Waals surface area (Å²) in [4.78, 5) is 9.86. The van der Waals surface area contributed by atoms with Crippen molar-refractivity contribution in [2.24, 2.45) is 0 Å². The Morgan fingerprint density at radius 2 is 2.06 bits per heavy atom. The summed E-state index contributed by atoms with van der Waals surface area (Å²) >= 11 is 0. The summed E-state index contributed by atoms with van der Waals surface area (Å²) in [6.07, 6.45) is -3.08. The molecule has 0 aliphatic heterocycles. The molecule has 1 rings (SSSR count). The van der Waals surface area contributed by atoms with Crippen LogP contribution in [0.25, 0.3) is 0 Å². The Balaban J connectivity index is 3.15. The Morgan fingerprint density at radius 3 is 2.56 bits per heavy atom. The number of nitriles is 2. The van der Waals surface area contributed by atoms with Gasteiger partial charge < -0.3 is 10.2 Å². The van der Waals surface area contributed by atoms with Gasteiger partial charge in [0.2, 0.25) is 0 Å². The Labute approximate surface area is 102 Å². The van der Waals surface area contributed by atoms with Gasteiger partial charge in [-0.15, -0.1) is 0 Å². The number of rotatable bonds is 4. The first kappa shape index (κ1) is 13.6. The SMILES string of the molecule is N#CCC(O)C(O)c1ccc([N+](=O)[O-])cc1C#N. The van der Waals surface area contributed by atoms with Gasteiger partial charge in [-0.2, -0.15) is 10.5 Å². The van der Waals surface area contributed by atoms with E-state index in [1.807, 2.05) is 0 Å². The van der Waals surface area contributed by atoms with Gasteiger partial charge in [-0.25, -0.2) is 0 Å². The molecule has 0 spiro atoms. The third-order valence-electron chi connectivity index (χ3n) is 2.35. The second-order valence-electron chi connectivity index (χ2n) is 3.51. The first-order chi connectivity index (χ1) is 8.51. The molecule has 0 fully saturated rings. The first-order valence-electron chi connectivity index (χ1n) is 4.92. The summed E-state index contributed by atoms with van der Waals surface area (Å²) in [6, 6.07) is 6.73. The summed E-state index contributed by atoms with van der Waals surface area (Å²) in [5.74, 6) is 0. The molecule has 2 N–H and O–H groups in total. The number of nitro groups is 1. The molecule has 0 saturated heterocycles. The van der Waals surface area contributed by atoms with Gasteiger partial charge >= 0.3 is 0 Å². The average molecular weight is 247 g/mol. The standard InChI is InChI=1S/C11H9N3O4/c12-4-3-10(15)11(16)9-2-1-8(14(17)18)5-7(9)6-13/h1-2,5,10-11,15-16H,3H2. The van der Waals surface area contributed by atoms with Crippen molar-refractivity contribution in [2.45, 2.75) is 18.6 Å². The van der Waals surface area contributed by atoms with Crippen molar-refractivity contribution in [1.82, 2.24) is 0 Å². The number of benzene rings is 1. The van der Waals surface area contributed by atoms with Gasteiger partial charge in [0.15, 0.2) is 0 Å². The Hall–Kier alpha value is -2.48. The van der Waals surface area contributed by atoms with Gasteiger partial charge in [0.05, 0.1) is 35.1 Å². The summed E-state index contributed by atoms with van der Waals surface area (Å²) in [5.41, 5.74) is -0.322. The van der Waals surface area contributed by atoms with Crippen LogP contribution in [0.2, 0.25) is 0 Å². The van der Waals surface area contributed by atoms with Crippen molar-refractivity contribution >= 4 is 5.69 Å². The van der Waals surface area contributed by atoms with E-state index in [0.29, 0.717) is 0 Å². The van der Waals surface area contributed by atoms with Crippen LogP contribution >= 0.6 is 0 Å². The molecule has 2 unspecified atom stereocenters. The molecule has 0 saturated carbocycles. The molecule has 7 heteroatoms. The van der Waals surface area contributed by atoms with Crippen molar-refractivity contribution in [3.63, 3.8) is 0 Å². The highest BCUT2D eigenvalue weighted by Crippen LogP contribution is 2.25. The number of hydrogen-bond acceptors (Lipinski definition) is 6. The van der Waals surface area contributed by atoms with Gasteiger partial charge in [0.25, 0.3) is 5.69 Å². The van der Waals surface area contributed by atoms with Crippen molar-refractivity contribution in [3.8, 4) is 12.1 Å². The fourth-order valence-electron chi connectivity index (χ4n) is 1.42. The second kappa shape index (κ2) is 5.73. The van der Waals surface area contributed by atoms with Crippen LogP contribution in [0.5, 0.6) is 0 Å². The molecule has 0 heterocycles. The van der Waals surface area contributed by atoms with E-state index in [1.165, 1.54) is 6.07 Å². The second-order valence-corrected chi connectivity index (χ2v) is 3.51. The largest absolute Gasteiger partial charge is 0.389 e. The van der Waals surface area contributed by atoms with Crippen LogP contribution in [0.3, 0.4) is 0 Å². The van der Waals surface area contributed by atoms with E-state index < -0.39 is 17.1 Å². The van der Waals surface area contributed by atoms with E-state index in [9.17, 15) is 20.3 Å². The lowest BCUT2D eigenvalue weighted by molar-refractivity contribution is -0.384. The molecule has 92 valence electrons. The van der Waals surface area contributed by atoms with Crippen LogP contribution < -0.4 is 0 Å². The minimum atomic E-state index is -1.43. The summed E-state index contributed by atoms with van der Waals surface area (Å²) in [7, 11) is 0. The number of aliphatic hydroxyl groups is 2. The predicted molar refractivity (Wildman–Crippen MR) is 59.0 cm³/mol. The highest BCUT2D eigenvalue weighted by Gasteiger charge is 2.22. The van der Waals surface area contributed by atoms with Crippen molar-refractivity contribution in [1.29, 1.82) is 10.5 Å². The number of hydrogen-bond donors (Lipinski definition) is 2. The zero-order valence-corrected chi connectivity index (χ0v) is 9.15. The monoisotopic (exact) mass is 247 g/mol. The predicted octanol–water partition coefficient (Wildman–Crippen LogP) is 0.774. The molecule has 0 aliphatic rings.